The molecule has 1 aliphatic rings. The minimum atomic E-state index is -0.0418. The van der Waals surface area contributed by atoms with E-state index in [0.29, 0.717) is 11.6 Å². The second-order valence-electron chi connectivity index (χ2n) is 6.34. The minimum absolute atomic E-state index is 0.0418. The Hall–Kier alpha value is -2.28. The average molecular weight is 377 g/mol. The number of benzene rings is 1. The Morgan fingerprint density at radius 2 is 2.23 bits per heavy atom. The average Bonchev–Trinajstić information content (AvgIpc) is 3.10. The summed E-state index contributed by atoms with van der Waals surface area (Å²) in [6.07, 6.45) is 3.51. The third-order valence-corrected chi connectivity index (χ3v) is 4.40. The molecule has 3 rings (SSSR count). The first-order valence-corrected chi connectivity index (χ1v) is 9.35. The van der Waals surface area contributed by atoms with Crippen molar-refractivity contribution in [2.75, 3.05) is 13.1 Å². The molecule has 0 amide bonds. The molecule has 26 heavy (non-hydrogen) atoms. The van der Waals surface area contributed by atoms with Crippen LogP contribution >= 0.6 is 11.6 Å². The van der Waals surface area contributed by atoms with Crippen molar-refractivity contribution < 1.29 is 4.74 Å². The van der Waals surface area contributed by atoms with E-state index in [1.54, 1.807) is 6.33 Å². The molecule has 1 aromatic heterocycles. The Morgan fingerprint density at radius 3 is 3.00 bits per heavy atom. The lowest BCUT2D eigenvalue weighted by atomic mass is 10.1. The third kappa shape index (κ3) is 5.11. The van der Waals surface area contributed by atoms with Crippen LogP contribution in [0.3, 0.4) is 0 Å². The van der Waals surface area contributed by atoms with E-state index in [0.717, 1.165) is 43.5 Å². The van der Waals surface area contributed by atoms with Crippen molar-refractivity contribution in [1.29, 1.82) is 0 Å². The number of aromatic nitrogens is 3. The first kappa shape index (κ1) is 18.5. The number of aryl methyl sites for hydroxylation is 1. The lowest BCUT2D eigenvalue weighted by Crippen LogP contribution is -2.47. The Morgan fingerprint density at radius 1 is 1.42 bits per heavy atom. The molecule has 2 aromatic rings. The molecule has 2 heterocycles. The maximum absolute atomic E-state index is 5.90. The summed E-state index contributed by atoms with van der Waals surface area (Å²) < 4.78 is 7.84. The largest absolute Gasteiger partial charge is 0.489 e. The molecule has 140 valence electrons. The number of ether oxygens (including phenoxy) is 1. The maximum atomic E-state index is 5.90. The van der Waals surface area contributed by atoms with E-state index in [9.17, 15) is 0 Å². The number of rotatable bonds is 6. The number of fused-ring (bicyclic) bond motifs is 1. The van der Waals surface area contributed by atoms with Crippen LogP contribution in [0.4, 0.5) is 0 Å². The maximum Gasteiger partial charge on any atom is 0.191 e. The van der Waals surface area contributed by atoms with E-state index in [2.05, 4.69) is 32.6 Å². The van der Waals surface area contributed by atoms with Gasteiger partial charge in [0.1, 0.15) is 24.0 Å². The molecule has 0 spiro atoms. The predicted octanol–water partition coefficient (Wildman–Crippen LogP) is 2.27. The second-order valence-corrected chi connectivity index (χ2v) is 6.78. The van der Waals surface area contributed by atoms with Gasteiger partial charge in [-0.15, -0.1) is 0 Å². The molecule has 2 atom stereocenters. The van der Waals surface area contributed by atoms with Crippen molar-refractivity contribution in [2.24, 2.45) is 4.99 Å². The molecule has 0 bridgehead atoms. The van der Waals surface area contributed by atoms with Gasteiger partial charge in [0.15, 0.2) is 5.96 Å². The van der Waals surface area contributed by atoms with Gasteiger partial charge in [0.2, 0.25) is 0 Å². The summed E-state index contributed by atoms with van der Waals surface area (Å²) in [6.45, 7) is 6.22. The molecule has 7 nitrogen and oxygen atoms in total. The molecule has 0 fully saturated rings. The third-order valence-electron chi connectivity index (χ3n) is 4.15. The van der Waals surface area contributed by atoms with Crippen molar-refractivity contribution in [2.45, 2.75) is 45.4 Å². The van der Waals surface area contributed by atoms with Crippen molar-refractivity contribution in [3.05, 3.63) is 41.4 Å². The van der Waals surface area contributed by atoms with Gasteiger partial charge in [-0.1, -0.05) is 11.6 Å². The van der Waals surface area contributed by atoms with E-state index in [1.807, 2.05) is 35.9 Å². The number of nitrogens with zero attached hydrogens (tertiary/aromatic N) is 4. The van der Waals surface area contributed by atoms with Crippen LogP contribution < -0.4 is 15.4 Å². The van der Waals surface area contributed by atoms with Crippen LogP contribution in [0, 0.1) is 0 Å². The second kappa shape index (κ2) is 8.89. The monoisotopic (exact) mass is 376 g/mol. The van der Waals surface area contributed by atoms with Crippen LogP contribution in [0.25, 0.3) is 0 Å². The molecule has 0 aliphatic carbocycles. The molecular weight excluding hydrogens is 352 g/mol. The topological polar surface area (TPSA) is 76.4 Å². The summed E-state index contributed by atoms with van der Waals surface area (Å²) in [5.74, 6) is 2.64. The van der Waals surface area contributed by atoms with Crippen LogP contribution in [0.5, 0.6) is 5.75 Å². The van der Waals surface area contributed by atoms with Crippen molar-refractivity contribution in [3.8, 4) is 5.75 Å². The van der Waals surface area contributed by atoms with Crippen LogP contribution in [0.2, 0.25) is 5.02 Å². The highest BCUT2D eigenvalue weighted by molar-refractivity contribution is 6.30. The standard InChI is InChI=1S/C18H25ClN6O/c1-3-20-18(24-15-6-9-17-22-12-23-25(17)11-15)21-10-13(2)26-16-7-4-14(19)5-8-16/h4-5,7-8,12-13,15H,3,6,9-11H2,1-2H3,(H2,20,21,24). The zero-order valence-electron chi connectivity index (χ0n) is 15.2. The van der Waals surface area contributed by atoms with Crippen LogP contribution in [-0.4, -0.2) is 46.0 Å². The van der Waals surface area contributed by atoms with E-state index in [1.165, 1.54) is 0 Å². The van der Waals surface area contributed by atoms with E-state index in [4.69, 9.17) is 16.3 Å². The molecule has 0 saturated carbocycles. The zero-order valence-corrected chi connectivity index (χ0v) is 15.9. The van der Waals surface area contributed by atoms with Gasteiger partial charge in [-0.25, -0.2) is 14.7 Å². The summed E-state index contributed by atoms with van der Waals surface area (Å²) in [5.41, 5.74) is 0. The number of halogens is 1. The highest BCUT2D eigenvalue weighted by Gasteiger charge is 2.20. The van der Waals surface area contributed by atoms with Gasteiger partial charge in [-0.3, -0.25) is 0 Å². The number of nitrogens with one attached hydrogen (secondary N) is 2. The van der Waals surface area contributed by atoms with Gasteiger partial charge < -0.3 is 15.4 Å². The molecule has 1 aliphatic heterocycles. The van der Waals surface area contributed by atoms with Gasteiger partial charge in [0.05, 0.1) is 13.1 Å². The van der Waals surface area contributed by atoms with E-state index >= 15 is 0 Å². The Kier molecular flexibility index (Phi) is 6.33. The fourth-order valence-corrected chi connectivity index (χ4v) is 3.00. The molecule has 2 unspecified atom stereocenters. The summed E-state index contributed by atoms with van der Waals surface area (Å²) >= 11 is 5.90. The summed E-state index contributed by atoms with van der Waals surface area (Å²) in [6, 6.07) is 7.66. The smallest absolute Gasteiger partial charge is 0.191 e. The molecule has 8 heteroatoms. The normalized spacial score (nSPS) is 18.1. The van der Waals surface area contributed by atoms with Crippen LogP contribution in [-0.2, 0) is 13.0 Å². The van der Waals surface area contributed by atoms with Crippen molar-refractivity contribution in [1.82, 2.24) is 25.4 Å². The highest BCUT2D eigenvalue weighted by Crippen LogP contribution is 2.17. The minimum Gasteiger partial charge on any atom is -0.489 e. The molecule has 0 saturated heterocycles. The van der Waals surface area contributed by atoms with Crippen LogP contribution in [0.1, 0.15) is 26.1 Å². The van der Waals surface area contributed by atoms with Crippen molar-refractivity contribution in [3.63, 3.8) is 0 Å². The van der Waals surface area contributed by atoms with Gasteiger partial charge in [-0.2, -0.15) is 5.10 Å². The van der Waals surface area contributed by atoms with Crippen LogP contribution in [0.15, 0.2) is 35.6 Å². The van der Waals surface area contributed by atoms with E-state index in [-0.39, 0.29) is 12.1 Å². The number of guanidine groups is 1. The van der Waals surface area contributed by atoms with E-state index < -0.39 is 0 Å². The van der Waals surface area contributed by atoms with Gasteiger partial charge in [-0.05, 0) is 44.5 Å². The fourth-order valence-electron chi connectivity index (χ4n) is 2.87. The summed E-state index contributed by atoms with van der Waals surface area (Å²) in [5, 5.41) is 11.7. The summed E-state index contributed by atoms with van der Waals surface area (Å²) in [4.78, 5) is 8.93. The quantitative estimate of drug-likeness (QED) is 0.597. The molecule has 0 radical (unpaired) electrons. The summed E-state index contributed by atoms with van der Waals surface area (Å²) in [7, 11) is 0. The lowest BCUT2D eigenvalue weighted by molar-refractivity contribution is 0.230. The number of aliphatic imine (C=N–C) groups is 1. The fraction of sp³-hybridized carbons (Fsp3) is 0.500. The van der Waals surface area contributed by atoms with Gasteiger partial charge in [0, 0.05) is 24.0 Å². The lowest BCUT2D eigenvalue weighted by Gasteiger charge is -2.25. The zero-order chi connectivity index (χ0) is 18.4. The SMILES string of the molecule is CCNC(=NCC(C)Oc1ccc(Cl)cc1)NC1CCc2ncnn2C1. The number of hydrogen-bond acceptors (Lipinski definition) is 4. The number of hydrogen-bond donors (Lipinski definition) is 2. The molecule has 1 aromatic carbocycles. The van der Waals surface area contributed by atoms with Gasteiger partial charge >= 0.3 is 0 Å². The Labute approximate surface area is 158 Å². The molecule has 2 N–H and O–H groups in total. The predicted molar refractivity (Wildman–Crippen MR) is 103 cm³/mol. The first-order valence-electron chi connectivity index (χ1n) is 8.97. The van der Waals surface area contributed by atoms with Gasteiger partial charge in [0.25, 0.3) is 0 Å². The molecular formula is C18H25ClN6O. The first-order chi connectivity index (χ1) is 12.6. The Balaban J connectivity index is 1.54. The Bertz CT molecular complexity index is 730. The van der Waals surface area contributed by atoms with Crippen molar-refractivity contribution >= 4 is 17.6 Å². The highest BCUT2D eigenvalue weighted by atomic mass is 35.5.